The van der Waals surface area contributed by atoms with Gasteiger partial charge in [0.15, 0.2) is 0 Å². The van der Waals surface area contributed by atoms with Crippen LogP contribution in [0.25, 0.3) is 6.08 Å². The highest BCUT2D eigenvalue weighted by atomic mass is 127. The van der Waals surface area contributed by atoms with Crippen LogP contribution in [0.5, 0.6) is 0 Å². The van der Waals surface area contributed by atoms with E-state index in [-0.39, 0.29) is 0 Å². The van der Waals surface area contributed by atoms with Crippen LogP contribution in [0.2, 0.25) is 0 Å². The molecule has 0 saturated carbocycles. The van der Waals surface area contributed by atoms with Crippen LogP contribution in [0.1, 0.15) is 31.2 Å². The van der Waals surface area contributed by atoms with Gasteiger partial charge < -0.3 is 0 Å². The van der Waals surface area contributed by atoms with E-state index < -0.39 is 0 Å². The Morgan fingerprint density at radius 1 is 1.58 bits per heavy atom. The first-order valence-electron chi connectivity index (χ1n) is 3.92. The van der Waals surface area contributed by atoms with Gasteiger partial charge >= 0.3 is 0 Å². The van der Waals surface area contributed by atoms with Gasteiger partial charge in [0.05, 0.1) is 15.0 Å². The molecule has 3 heteroatoms. The zero-order valence-electron chi connectivity index (χ0n) is 7.63. The second-order valence-corrected chi connectivity index (χ2v) is 4.15. The maximum atomic E-state index is 4.42. The molecule has 1 heterocycles. The molecule has 1 aromatic heterocycles. The van der Waals surface area contributed by atoms with Gasteiger partial charge in [-0.2, -0.15) is 5.10 Å². The molecule has 0 aromatic carbocycles. The lowest BCUT2D eigenvalue weighted by atomic mass is 10.1. The Morgan fingerprint density at radius 3 is 2.42 bits per heavy atom. The summed E-state index contributed by atoms with van der Waals surface area (Å²) < 4.78 is 3.10. The predicted molar refractivity (Wildman–Crippen MR) is 60.1 cm³/mol. The minimum Gasteiger partial charge on any atom is -0.267 e. The molecule has 0 spiro atoms. The van der Waals surface area contributed by atoms with Gasteiger partial charge in [0.1, 0.15) is 0 Å². The molecule has 1 aromatic rings. The van der Waals surface area contributed by atoms with Crippen LogP contribution in [-0.2, 0) is 7.05 Å². The van der Waals surface area contributed by atoms with E-state index in [1.54, 1.807) is 0 Å². The third kappa shape index (κ3) is 1.55. The van der Waals surface area contributed by atoms with Crippen LogP contribution in [0.15, 0.2) is 6.58 Å². The second kappa shape index (κ2) is 3.60. The average Bonchev–Trinajstić information content (AvgIpc) is 2.27. The molecule has 0 atom stereocenters. The number of aryl methyl sites for hydroxylation is 1. The monoisotopic (exact) mass is 276 g/mol. The molecule has 1 rings (SSSR count). The Labute approximate surface area is 86.8 Å². The molecule has 66 valence electrons. The lowest BCUT2D eigenvalue weighted by Crippen LogP contribution is -1.94. The van der Waals surface area contributed by atoms with Crippen LogP contribution in [0.3, 0.4) is 0 Å². The van der Waals surface area contributed by atoms with Gasteiger partial charge in [-0.25, -0.2) is 0 Å². The Kier molecular flexibility index (Phi) is 2.93. The van der Waals surface area contributed by atoms with Crippen LogP contribution in [0, 0.1) is 3.57 Å². The first-order chi connectivity index (χ1) is 5.57. The maximum absolute atomic E-state index is 4.42. The summed E-state index contributed by atoms with van der Waals surface area (Å²) in [4.78, 5) is 0. The maximum Gasteiger partial charge on any atom is 0.0789 e. The van der Waals surface area contributed by atoms with Crippen molar-refractivity contribution in [1.29, 1.82) is 0 Å². The zero-order chi connectivity index (χ0) is 9.30. The third-order valence-electron chi connectivity index (χ3n) is 1.80. The van der Waals surface area contributed by atoms with Gasteiger partial charge in [-0.1, -0.05) is 20.4 Å². The van der Waals surface area contributed by atoms with Crippen molar-refractivity contribution in [3.05, 3.63) is 21.5 Å². The van der Waals surface area contributed by atoms with Gasteiger partial charge in [-0.05, 0) is 34.6 Å². The Hall–Kier alpha value is -0.320. The Balaban J connectivity index is 3.26. The molecule has 0 unspecified atom stereocenters. The van der Waals surface area contributed by atoms with Crippen molar-refractivity contribution >= 4 is 28.7 Å². The van der Waals surface area contributed by atoms with E-state index >= 15 is 0 Å². The Morgan fingerprint density at radius 2 is 2.17 bits per heavy atom. The smallest absolute Gasteiger partial charge is 0.0789 e. The molecule has 0 bridgehead atoms. The van der Waals surface area contributed by atoms with Crippen molar-refractivity contribution in [3.63, 3.8) is 0 Å². The fourth-order valence-electron chi connectivity index (χ4n) is 1.12. The van der Waals surface area contributed by atoms with Crippen molar-refractivity contribution in [2.24, 2.45) is 7.05 Å². The molecule has 0 aliphatic carbocycles. The van der Waals surface area contributed by atoms with Crippen molar-refractivity contribution < 1.29 is 0 Å². The summed E-state index contributed by atoms with van der Waals surface area (Å²) in [7, 11) is 1.95. The van der Waals surface area contributed by atoms with E-state index in [9.17, 15) is 0 Å². The van der Waals surface area contributed by atoms with Crippen molar-refractivity contribution in [2.45, 2.75) is 19.8 Å². The second-order valence-electron chi connectivity index (χ2n) is 3.07. The highest BCUT2D eigenvalue weighted by molar-refractivity contribution is 14.1. The summed E-state index contributed by atoms with van der Waals surface area (Å²) in [6.07, 6.45) is 1.85. The SMILES string of the molecule is C=Cc1c(I)c(C(C)C)nn1C. The molecule has 0 aliphatic heterocycles. The van der Waals surface area contributed by atoms with Crippen LogP contribution in [0.4, 0.5) is 0 Å². The summed E-state index contributed by atoms with van der Waals surface area (Å²) in [6.45, 7) is 8.06. The van der Waals surface area contributed by atoms with Crippen molar-refractivity contribution in [1.82, 2.24) is 9.78 Å². The lowest BCUT2D eigenvalue weighted by Gasteiger charge is -1.98. The summed E-state index contributed by atoms with van der Waals surface area (Å²) >= 11 is 2.32. The third-order valence-corrected chi connectivity index (χ3v) is 2.90. The molecule has 0 saturated heterocycles. The Bertz CT molecular complexity index is 300. The number of halogens is 1. The van der Waals surface area contributed by atoms with E-state index in [2.05, 4.69) is 48.1 Å². The largest absolute Gasteiger partial charge is 0.267 e. The summed E-state index contributed by atoms with van der Waals surface area (Å²) in [5, 5.41) is 4.42. The highest BCUT2D eigenvalue weighted by Crippen LogP contribution is 2.23. The predicted octanol–water partition coefficient (Wildman–Crippen LogP) is 2.79. The minimum atomic E-state index is 0.483. The molecule has 2 nitrogen and oxygen atoms in total. The van der Waals surface area contributed by atoms with E-state index in [0.29, 0.717) is 5.92 Å². The average molecular weight is 276 g/mol. The fourth-order valence-corrected chi connectivity index (χ4v) is 2.42. The standard InChI is InChI=1S/C9H13IN2/c1-5-7-8(10)9(6(2)3)11-12(7)4/h5-6H,1H2,2-4H3. The number of aromatic nitrogens is 2. The fraction of sp³-hybridized carbons (Fsp3) is 0.444. The normalized spacial score (nSPS) is 10.8. The molecule has 0 N–H and O–H groups in total. The van der Waals surface area contributed by atoms with Crippen LogP contribution >= 0.6 is 22.6 Å². The molecule has 0 amide bonds. The summed E-state index contributed by atoms with van der Waals surface area (Å²) in [5.74, 6) is 0.483. The number of rotatable bonds is 2. The first-order valence-corrected chi connectivity index (χ1v) is 5.00. The van der Waals surface area contributed by atoms with Gasteiger partial charge in [0.25, 0.3) is 0 Å². The van der Waals surface area contributed by atoms with Gasteiger partial charge in [-0.3, -0.25) is 4.68 Å². The van der Waals surface area contributed by atoms with Crippen molar-refractivity contribution in [3.8, 4) is 0 Å². The molecule has 0 radical (unpaired) electrons. The van der Waals surface area contributed by atoms with E-state index in [0.717, 1.165) is 11.4 Å². The first kappa shape index (κ1) is 9.77. The van der Waals surface area contributed by atoms with Crippen LogP contribution in [-0.4, -0.2) is 9.78 Å². The van der Waals surface area contributed by atoms with Gasteiger partial charge in [0, 0.05) is 7.05 Å². The topological polar surface area (TPSA) is 17.8 Å². The van der Waals surface area contributed by atoms with Gasteiger partial charge in [-0.15, -0.1) is 0 Å². The molecule has 12 heavy (non-hydrogen) atoms. The molecular formula is C9H13IN2. The lowest BCUT2D eigenvalue weighted by molar-refractivity contribution is 0.708. The molecule has 0 fully saturated rings. The summed E-state index contributed by atoms with van der Waals surface area (Å²) in [5.41, 5.74) is 2.27. The molecular weight excluding hydrogens is 263 g/mol. The number of hydrogen-bond donors (Lipinski definition) is 0. The summed E-state index contributed by atoms with van der Waals surface area (Å²) in [6, 6.07) is 0. The number of hydrogen-bond acceptors (Lipinski definition) is 1. The van der Waals surface area contributed by atoms with E-state index in [1.807, 2.05) is 17.8 Å². The van der Waals surface area contributed by atoms with Crippen molar-refractivity contribution in [2.75, 3.05) is 0 Å². The van der Waals surface area contributed by atoms with E-state index in [1.165, 1.54) is 3.57 Å². The number of nitrogens with zero attached hydrogens (tertiary/aromatic N) is 2. The minimum absolute atomic E-state index is 0.483. The quantitative estimate of drug-likeness (QED) is 0.759. The zero-order valence-corrected chi connectivity index (χ0v) is 9.79. The van der Waals surface area contributed by atoms with Crippen LogP contribution < -0.4 is 0 Å². The molecule has 0 aliphatic rings. The van der Waals surface area contributed by atoms with Gasteiger partial charge in [0.2, 0.25) is 0 Å². The highest BCUT2D eigenvalue weighted by Gasteiger charge is 2.13. The van der Waals surface area contributed by atoms with E-state index in [4.69, 9.17) is 0 Å².